The second-order valence-electron chi connectivity index (χ2n) is 5.78. The van der Waals surface area contributed by atoms with E-state index < -0.39 is 0 Å². The van der Waals surface area contributed by atoms with Crippen LogP contribution in [0.25, 0.3) is 0 Å². The van der Waals surface area contributed by atoms with Gasteiger partial charge in [0.2, 0.25) is 0 Å². The summed E-state index contributed by atoms with van der Waals surface area (Å²) < 4.78 is 5.25. The van der Waals surface area contributed by atoms with Crippen LogP contribution < -0.4 is 10.5 Å². The fourth-order valence-corrected chi connectivity index (χ4v) is 2.50. The number of ether oxygens (including phenoxy) is 1. The van der Waals surface area contributed by atoms with Crippen molar-refractivity contribution in [1.82, 2.24) is 4.90 Å². The highest BCUT2D eigenvalue weighted by Crippen LogP contribution is 2.16. The molecule has 0 radical (unpaired) electrons. The molecule has 0 amide bonds. The Balaban J connectivity index is 2.51. The summed E-state index contributed by atoms with van der Waals surface area (Å²) in [4.78, 5) is 2.34. The van der Waals surface area contributed by atoms with Crippen LogP contribution in [0, 0.1) is 11.8 Å². The van der Waals surface area contributed by atoms with E-state index in [1.807, 2.05) is 12.1 Å². The molecule has 3 nitrogen and oxygen atoms in total. The number of benzene rings is 1. The zero-order valence-corrected chi connectivity index (χ0v) is 12.7. The zero-order valence-electron chi connectivity index (χ0n) is 12.7. The minimum atomic E-state index is 0.579. The van der Waals surface area contributed by atoms with Crippen molar-refractivity contribution in [3.8, 4) is 5.75 Å². The van der Waals surface area contributed by atoms with Crippen molar-refractivity contribution < 1.29 is 4.74 Å². The highest BCUT2D eigenvalue weighted by Gasteiger charge is 2.12. The summed E-state index contributed by atoms with van der Waals surface area (Å²) in [6.45, 7) is 7.26. The standard InChI is InChI=1S/C16H28N2O/c1-13(2)8-15(10-17)12-18(3)11-14-6-5-7-16(9-14)19-4/h5-7,9,13,15H,8,10-12,17H2,1-4H3. The van der Waals surface area contributed by atoms with Gasteiger partial charge in [-0.05, 0) is 49.5 Å². The molecule has 0 spiro atoms. The number of hydrogen-bond donors (Lipinski definition) is 1. The maximum absolute atomic E-state index is 5.86. The van der Waals surface area contributed by atoms with Crippen LogP contribution in [0.4, 0.5) is 0 Å². The van der Waals surface area contributed by atoms with Crippen LogP contribution >= 0.6 is 0 Å². The van der Waals surface area contributed by atoms with Crippen molar-refractivity contribution in [1.29, 1.82) is 0 Å². The van der Waals surface area contributed by atoms with Gasteiger partial charge in [-0.15, -0.1) is 0 Å². The molecule has 0 bridgehead atoms. The van der Waals surface area contributed by atoms with Crippen LogP contribution in [-0.2, 0) is 6.54 Å². The number of hydrogen-bond acceptors (Lipinski definition) is 3. The van der Waals surface area contributed by atoms with Crippen molar-refractivity contribution in [2.24, 2.45) is 17.6 Å². The van der Waals surface area contributed by atoms with E-state index in [4.69, 9.17) is 10.5 Å². The minimum Gasteiger partial charge on any atom is -0.497 e. The lowest BCUT2D eigenvalue weighted by atomic mass is 9.96. The Labute approximate surface area is 117 Å². The summed E-state index contributed by atoms with van der Waals surface area (Å²) in [5, 5.41) is 0. The van der Waals surface area contributed by atoms with Gasteiger partial charge in [0.05, 0.1) is 7.11 Å². The topological polar surface area (TPSA) is 38.5 Å². The van der Waals surface area contributed by atoms with Gasteiger partial charge in [-0.3, -0.25) is 0 Å². The first kappa shape index (κ1) is 16.0. The first-order chi connectivity index (χ1) is 9.05. The van der Waals surface area contributed by atoms with Crippen molar-refractivity contribution in [2.75, 3.05) is 27.2 Å². The fourth-order valence-electron chi connectivity index (χ4n) is 2.50. The van der Waals surface area contributed by atoms with E-state index in [9.17, 15) is 0 Å². The molecular formula is C16H28N2O. The van der Waals surface area contributed by atoms with Crippen molar-refractivity contribution in [3.63, 3.8) is 0 Å². The molecule has 19 heavy (non-hydrogen) atoms. The number of nitrogens with zero attached hydrogens (tertiary/aromatic N) is 1. The predicted molar refractivity (Wildman–Crippen MR) is 81.3 cm³/mol. The number of nitrogens with two attached hydrogens (primary N) is 1. The summed E-state index contributed by atoms with van der Waals surface area (Å²) in [5.74, 6) is 2.21. The average molecular weight is 264 g/mol. The molecule has 1 rings (SSSR count). The van der Waals surface area contributed by atoms with Gasteiger partial charge < -0.3 is 15.4 Å². The third kappa shape index (κ3) is 6.08. The summed E-state index contributed by atoms with van der Waals surface area (Å²) in [6.07, 6.45) is 1.19. The second kappa shape index (κ2) is 8.18. The Hall–Kier alpha value is -1.06. The van der Waals surface area contributed by atoms with Crippen molar-refractivity contribution in [2.45, 2.75) is 26.8 Å². The monoisotopic (exact) mass is 264 g/mol. The first-order valence-electron chi connectivity index (χ1n) is 7.06. The van der Waals surface area contributed by atoms with Gasteiger partial charge in [-0.1, -0.05) is 26.0 Å². The normalized spacial score (nSPS) is 13.0. The Morgan fingerprint density at radius 2 is 2.05 bits per heavy atom. The molecule has 0 fully saturated rings. The van der Waals surface area contributed by atoms with Crippen LogP contribution in [0.3, 0.4) is 0 Å². The van der Waals surface area contributed by atoms with Gasteiger partial charge in [-0.25, -0.2) is 0 Å². The van der Waals surface area contributed by atoms with Crippen molar-refractivity contribution >= 4 is 0 Å². The molecule has 3 heteroatoms. The lowest BCUT2D eigenvalue weighted by Gasteiger charge is -2.24. The molecule has 0 heterocycles. The quantitative estimate of drug-likeness (QED) is 0.784. The molecule has 2 N–H and O–H groups in total. The number of rotatable bonds is 8. The van der Waals surface area contributed by atoms with Gasteiger partial charge in [0.25, 0.3) is 0 Å². The Kier molecular flexibility index (Phi) is 6.89. The summed E-state index contributed by atoms with van der Waals surface area (Å²) >= 11 is 0. The molecule has 1 aromatic rings. The van der Waals surface area contributed by atoms with Gasteiger partial charge >= 0.3 is 0 Å². The lowest BCUT2D eigenvalue weighted by Crippen LogP contribution is -2.30. The molecule has 1 atom stereocenters. The zero-order chi connectivity index (χ0) is 14.3. The summed E-state index contributed by atoms with van der Waals surface area (Å²) in [6, 6.07) is 8.25. The maximum atomic E-state index is 5.86. The summed E-state index contributed by atoms with van der Waals surface area (Å²) in [5.41, 5.74) is 7.14. The Morgan fingerprint density at radius 3 is 2.63 bits per heavy atom. The molecule has 108 valence electrons. The molecule has 1 aromatic carbocycles. The van der Waals surface area contributed by atoms with E-state index in [-0.39, 0.29) is 0 Å². The lowest BCUT2D eigenvalue weighted by molar-refractivity contribution is 0.250. The van der Waals surface area contributed by atoms with E-state index in [1.165, 1.54) is 12.0 Å². The molecule has 0 aromatic heterocycles. The maximum Gasteiger partial charge on any atom is 0.119 e. The van der Waals surface area contributed by atoms with Crippen LogP contribution in [0.1, 0.15) is 25.8 Å². The van der Waals surface area contributed by atoms with Crippen LogP contribution in [-0.4, -0.2) is 32.1 Å². The van der Waals surface area contributed by atoms with Crippen LogP contribution in [0.5, 0.6) is 5.75 Å². The minimum absolute atomic E-state index is 0.579. The van der Waals surface area contributed by atoms with Crippen LogP contribution in [0.2, 0.25) is 0 Å². The number of methoxy groups -OCH3 is 1. The third-order valence-corrected chi connectivity index (χ3v) is 3.29. The molecule has 0 saturated carbocycles. The predicted octanol–water partition coefficient (Wildman–Crippen LogP) is 2.75. The van der Waals surface area contributed by atoms with Gasteiger partial charge in [0.15, 0.2) is 0 Å². The highest BCUT2D eigenvalue weighted by atomic mass is 16.5. The smallest absolute Gasteiger partial charge is 0.119 e. The third-order valence-electron chi connectivity index (χ3n) is 3.29. The van der Waals surface area contributed by atoms with E-state index in [0.717, 1.165) is 25.4 Å². The summed E-state index contributed by atoms with van der Waals surface area (Å²) in [7, 11) is 3.86. The van der Waals surface area contributed by atoms with Gasteiger partial charge in [0.1, 0.15) is 5.75 Å². The molecular weight excluding hydrogens is 236 g/mol. The Bertz CT molecular complexity index is 366. The SMILES string of the molecule is COc1cccc(CN(C)CC(CN)CC(C)C)c1. The van der Waals surface area contributed by atoms with E-state index in [1.54, 1.807) is 7.11 Å². The van der Waals surface area contributed by atoms with E-state index >= 15 is 0 Å². The fraction of sp³-hybridized carbons (Fsp3) is 0.625. The average Bonchev–Trinajstić information content (AvgIpc) is 2.37. The molecule has 0 aliphatic heterocycles. The van der Waals surface area contributed by atoms with Gasteiger partial charge in [0, 0.05) is 13.1 Å². The highest BCUT2D eigenvalue weighted by molar-refractivity contribution is 5.28. The second-order valence-corrected chi connectivity index (χ2v) is 5.78. The largest absolute Gasteiger partial charge is 0.497 e. The molecule has 0 aliphatic carbocycles. The van der Waals surface area contributed by atoms with Crippen molar-refractivity contribution in [3.05, 3.63) is 29.8 Å². The molecule has 1 unspecified atom stereocenters. The van der Waals surface area contributed by atoms with Crippen LogP contribution in [0.15, 0.2) is 24.3 Å². The molecule has 0 saturated heterocycles. The first-order valence-corrected chi connectivity index (χ1v) is 7.06. The molecule has 0 aliphatic rings. The Morgan fingerprint density at radius 1 is 1.32 bits per heavy atom. The van der Waals surface area contributed by atoms with E-state index in [0.29, 0.717) is 11.8 Å². The van der Waals surface area contributed by atoms with E-state index in [2.05, 4.69) is 37.9 Å². The van der Waals surface area contributed by atoms with Gasteiger partial charge in [-0.2, -0.15) is 0 Å².